The lowest BCUT2D eigenvalue weighted by Gasteiger charge is -2.16. The molecule has 0 atom stereocenters. The average Bonchev–Trinajstić information content (AvgIpc) is 3.04. The fourth-order valence-corrected chi connectivity index (χ4v) is 2.59. The van der Waals surface area contributed by atoms with E-state index in [9.17, 15) is 9.59 Å². The highest BCUT2D eigenvalue weighted by Crippen LogP contribution is 2.18. The summed E-state index contributed by atoms with van der Waals surface area (Å²) in [4.78, 5) is 29.1. The van der Waals surface area contributed by atoms with Gasteiger partial charge in [0.25, 0.3) is 5.91 Å². The Balaban J connectivity index is 1.60. The molecular formula is C19H19N3O2. The topological polar surface area (TPSA) is 65.2 Å². The van der Waals surface area contributed by atoms with E-state index in [4.69, 9.17) is 0 Å². The molecule has 0 saturated heterocycles. The number of hydrogen-bond donors (Lipinski definition) is 2. The first-order chi connectivity index (χ1) is 11.6. The van der Waals surface area contributed by atoms with Crippen molar-refractivity contribution in [1.82, 2.24) is 15.2 Å². The van der Waals surface area contributed by atoms with Gasteiger partial charge in [0.15, 0.2) is 0 Å². The van der Waals surface area contributed by atoms with Crippen LogP contribution in [0, 0.1) is 0 Å². The molecule has 0 unspecified atom stereocenters. The van der Waals surface area contributed by atoms with Gasteiger partial charge in [-0.25, -0.2) is 0 Å². The molecule has 122 valence electrons. The number of hydrogen-bond acceptors (Lipinski definition) is 2. The predicted octanol–water partition coefficient (Wildman–Crippen LogP) is 2.56. The van der Waals surface area contributed by atoms with Gasteiger partial charge < -0.3 is 15.2 Å². The molecule has 3 aromatic rings. The molecule has 2 amide bonds. The van der Waals surface area contributed by atoms with Crippen LogP contribution < -0.4 is 5.32 Å². The molecule has 0 radical (unpaired) electrons. The quantitative estimate of drug-likeness (QED) is 0.758. The van der Waals surface area contributed by atoms with Crippen LogP contribution in [0.4, 0.5) is 0 Å². The molecule has 0 aliphatic heterocycles. The number of amides is 2. The first-order valence-corrected chi connectivity index (χ1v) is 7.77. The molecule has 5 heteroatoms. The van der Waals surface area contributed by atoms with Crippen molar-refractivity contribution in [2.24, 2.45) is 0 Å². The molecule has 0 aliphatic rings. The summed E-state index contributed by atoms with van der Waals surface area (Å²) >= 11 is 0. The van der Waals surface area contributed by atoms with Crippen molar-refractivity contribution in [3.63, 3.8) is 0 Å². The number of aromatic nitrogens is 1. The molecule has 1 heterocycles. The van der Waals surface area contributed by atoms with Crippen LogP contribution in [0.5, 0.6) is 0 Å². The molecule has 2 N–H and O–H groups in total. The maximum atomic E-state index is 12.6. The van der Waals surface area contributed by atoms with Crippen LogP contribution in [0.1, 0.15) is 15.9 Å². The van der Waals surface area contributed by atoms with Gasteiger partial charge in [0, 0.05) is 30.7 Å². The highest BCUT2D eigenvalue weighted by molar-refractivity contribution is 6.07. The Hall–Kier alpha value is -3.08. The van der Waals surface area contributed by atoms with Crippen molar-refractivity contribution in [3.05, 3.63) is 71.9 Å². The second-order valence-corrected chi connectivity index (χ2v) is 5.67. The third-order valence-corrected chi connectivity index (χ3v) is 3.88. The Morgan fingerprint density at radius 2 is 1.75 bits per heavy atom. The summed E-state index contributed by atoms with van der Waals surface area (Å²) in [6, 6.07) is 17.3. The lowest BCUT2D eigenvalue weighted by atomic mass is 10.1. The minimum atomic E-state index is -0.186. The fourth-order valence-electron chi connectivity index (χ4n) is 2.59. The van der Waals surface area contributed by atoms with E-state index in [1.807, 2.05) is 54.6 Å². The highest BCUT2D eigenvalue weighted by atomic mass is 16.2. The van der Waals surface area contributed by atoms with Gasteiger partial charge in [0.2, 0.25) is 5.91 Å². The van der Waals surface area contributed by atoms with E-state index >= 15 is 0 Å². The SMILES string of the molecule is CN(CC(=O)NCc1ccccc1)C(=O)c1c[nH]c2ccccc12. The number of H-pyrrole nitrogens is 1. The van der Waals surface area contributed by atoms with E-state index in [0.29, 0.717) is 12.1 Å². The molecule has 0 fully saturated rings. The number of likely N-dealkylation sites (N-methyl/N-ethyl adjacent to an activating group) is 1. The normalized spacial score (nSPS) is 10.5. The van der Waals surface area contributed by atoms with E-state index in [2.05, 4.69) is 10.3 Å². The van der Waals surface area contributed by atoms with E-state index in [1.165, 1.54) is 4.90 Å². The lowest BCUT2D eigenvalue weighted by Crippen LogP contribution is -2.38. The van der Waals surface area contributed by atoms with Gasteiger partial charge in [-0.2, -0.15) is 0 Å². The lowest BCUT2D eigenvalue weighted by molar-refractivity contribution is -0.121. The smallest absolute Gasteiger partial charge is 0.256 e. The zero-order chi connectivity index (χ0) is 16.9. The number of rotatable bonds is 5. The number of benzene rings is 2. The second-order valence-electron chi connectivity index (χ2n) is 5.67. The van der Waals surface area contributed by atoms with Crippen LogP contribution >= 0.6 is 0 Å². The summed E-state index contributed by atoms with van der Waals surface area (Å²) in [6.07, 6.45) is 1.69. The zero-order valence-electron chi connectivity index (χ0n) is 13.5. The number of nitrogens with one attached hydrogen (secondary N) is 2. The number of carbonyl (C=O) groups is 2. The first kappa shape index (κ1) is 15.8. The molecule has 5 nitrogen and oxygen atoms in total. The third-order valence-electron chi connectivity index (χ3n) is 3.88. The van der Waals surface area contributed by atoms with Gasteiger partial charge >= 0.3 is 0 Å². The van der Waals surface area contributed by atoms with Crippen LogP contribution in [-0.4, -0.2) is 35.3 Å². The van der Waals surface area contributed by atoms with E-state index < -0.39 is 0 Å². The minimum Gasteiger partial charge on any atom is -0.360 e. The summed E-state index contributed by atoms with van der Waals surface area (Å²) in [5, 5.41) is 3.69. The molecule has 0 spiro atoms. The van der Waals surface area contributed by atoms with E-state index in [0.717, 1.165) is 16.5 Å². The minimum absolute atomic E-state index is 0.0190. The van der Waals surface area contributed by atoms with Crippen molar-refractivity contribution >= 4 is 22.7 Å². The molecule has 24 heavy (non-hydrogen) atoms. The summed E-state index contributed by atoms with van der Waals surface area (Å²) in [7, 11) is 1.63. The Labute approximate surface area is 140 Å². The van der Waals surface area contributed by atoms with Gasteiger partial charge in [-0.15, -0.1) is 0 Å². The van der Waals surface area contributed by atoms with E-state index in [1.54, 1.807) is 13.2 Å². The Morgan fingerprint density at radius 3 is 2.54 bits per heavy atom. The van der Waals surface area contributed by atoms with Crippen LogP contribution in [0.15, 0.2) is 60.8 Å². The largest absolute Gasteiger partial charge is 0.360 e. The van der Waals surface area contributed by atoms with Gasteiger partial charge in [0.1, 0.15) is 0 Å². The summed E-state index contributed by atoms with van der Waals surface area (Å²) in [6.45, 7) is 0.472. The van der Waals surface area contributed by atoms with Crippen LogP contribution in [0.2, 0.25) is 0 Å². The average molecular weight is 321 g/mol. The molecule has 0 saturated carbocycles. The molecule has 0 aliphatic carbocycles. The number of para-hydroxylation sites is 1. The second kappa shape index (κ2) is 7.00. The van der Waals surface area contributed by atoms with Gasteiger partial charge in [0.05, 0.1) is 12.1 Å². The van der Waals surface area contributed by atoms with Crippen LogP contribution in [-0.2, 0) is 11.3 Å². The van der Waals surface area contributed by atoms with E-state index in [-0.39, 0.29) is 18.4 Å². The first-order valence-electron chi connectivity index (χ1n) is 7.77. The maximum absolute atomic E-state index is 12.6. The molecule has 0 bridgehead atoms. The molecule has 3 rings (SSSR count). The van der Waals surface area contributed by atoms with Crippen molar-refractivity contribution in [2.45, 2.75) is 6.54 Å². The summed E-state index contributed by atoms with van der Waals surface area (Å²) in [5.41, 5.74) is 2.50. The van der Waals surface area contributed by atoms with Crippen molar-refractivity contribution in [2.75, 3.05) is 13.6 Å². The predicted molar refractivity (Wildman–Crippen MR) is 93.5 cm³/mol. The molecule has 2 aromatic carbocycles. The summed E-state index contributed by atoms with van der Waals surface area (Å²) < 4.78 is 0. The van der Waals surface area contributed by atoms with Gasteiger partial charge in [-0.1, -0.05) is 48.5 Å². The maximum Gasteiger partial charge on any atom is 0.256 e. The number of aromatic amines is 1. The number of nitrogens with zero attached hydrogens (tertiary/aromatic N) is 1. The number of fused-ring (bicyclic) bond motifs is 1. The van der Waals surface area contributed by atoms with Crippen molar-refractivity contribution < 1.29 is 9.59 Å². The summed E-state index contributed by atoms with van der Waals surface area (Å²) in [5.74, 6) is -0.364. The highest BCUT2D eigenvalue weighted by Gasteiger charge is 2.18. The fraction of sp³-hybridized carbons (Fsp3) is 0.158. The standard InChI is InChI=1S/C19H19N3O2/c1-22(13-18(23)21-11-14-7-3-2-4-8-14)19(24)16-12-20-17-10-6-5-9-15(16)17/h2-10,12,20H,11,13H2,1H3,(H,21,23). The Kier molecular flexibility index (Phi) is 4.61. The van der Waals surface area contributed by atoms with Crippen LogP contribution in [0.3, 0.4) is 0 Å². The monoisotopic (exact) mass is 321 g/mol. The van der Waals surface area contributed by atoms with Crippen molar-refractivity contribution in [3.8, 4) is 0 Å². The number of carbonyl (C=O) groups excluding carboxylic acids is 2. The Bertz CT molecular complexity index is 855. The Morgan fingerprint density at radius 1 is 1.04 bits per heavy atom. The van der Waals surface area contributed by atoms with Crippen LogP contribution in [0.25, 0.3) is 10.9 Å². The molecular weight excluding hydrogens is 302 g/mol. The molecule has 1 aromatic heterocycles. The zero-order valence-corrected chi connectivity index (χ0v) is 13.5. The third kappa shape index (κ3) is 3.46. The van der Waals surface area contributed by atoms with Gasteiger partial charge in [-0.3, -0.25) is 9.59 Å². The van der Waals surface area contributed by atoms with Gasteiger partial charge in [-0.05, 0) is 11.6 Å². The van der Waals surface area contributed by atoms with Crippen molar-refractivity contribution in [1.29, 1.82) is 0 Å².